The van der Waals surface area contributed by atoms with Gasteiger partial charge in [-0.2, -0.15) is 0 Å². The number of carbonyl (C=O) groups is 2. The number of nitrogens with one attached hydrogen (secondary N) is 1. The van der Waals surface area contributed by atoms with Gasteiger partial charge in [0.2, 0.25) is 5.76 Å². The molecule has 0 radical (unpaired) electrons. The molecule has 0 fully saturated rings. The number of rotatable bonds is 11. The van der Waals surface area contributed by atoms with E-state index in [0.29, 0.717) is 17.9 Å². The van der Waals surface area contributed by atoms with Crippen LogP contribution in [-0.4, -0.2) is 49.4 Å². The molecule has 1 aromatic heterocycles. The molecule has 3 rings (SSSR count). The molecule has 0 aliphatic rings. The van der Waals surface area contributed by atoms with Crippen LogP contribution in [-0.2, 0) is 19.0 Å². The van der Waals surface area contributed by atoms with Crippen molar-refractivity contribution >= 4 is 57.6 Å². The van der Waals surface area contributed by atoms with Gasteiger partial charge in [0.1, 0.15) is 11.9 Å². The normalized spacial score (nSPS) is 12.3. The number of thiazole rings is 1. The van der Waals surface area contributed by atoms with Crippen LogP contribution >= 0.6 is 34.5 Å². The number of aliphatic carboxylic acids is 1. The molecule has 3 aromatic rings. The summed E-state index contributed by atoms with van der Waals surface area (Å²) in [6.45, 7) is 2.52. The minimum Gasteiger partial charge on any atom is -0.490 e. The number of ether oxygens (including phenoxy) is 3. The summed E-state index contributed by atoms with van der Waals surface area (Å²) in [4.78, 5) is 28.3. The number of carbonyl (C=O) groups excluding carboxylic acids is 1. The molecule has 196 valence electrons. The van der Waals surface area contributed by atoms with Crippen LogP contribution in [0.4, 0.5) is 9.52 Å². The highest BCUT2D eigenvalue weighted by molar-refractivity contribution is 7.14. The summed E-state index contributed by atoms with van der Waals surface area (Å²) in [6, 6.07) is 7.58. The number of methoxy groups -OCH3 is 2. The molecule has 0 bridgehead atoms. The van der Waals surface area contributed by atoms with Crippen LogP contribution in [0.25, 0.3) is 17.3 Å². The zero-order chi connectivity index (χ0) is 27.1. The Morgan fingerprint density at radius 2 is 1.95 bits per heavy atom. The number of amides is 1. The Kier molecular flexibility index (Phi) is 10.0. The van der Waals surface area contributed by atoms with Crippen molar-refractivity contribution in [1.29, 1.82) is 0 Å². The number of carboxylic acids is 1. The van der Waals surface area contributed by atoms with Crippen LogP contribution in [0.15, 0.2) is 41.5 Å². The number of hydrogen-bond acceptors (Lipinski definition) is 7. The van der Waals surface area contributed by atoms with Crippen LogP contribution in [0.1, 0.15) is 34.5 Å². The highest BCUT2D eigenvalue weighted by atomic mass is 35.5. The van der Waals surface area contributed by atoms with Gasteiger partial charge < -0.3 is 19.3 Å². The van der Waals surface area contributed by atoms with E-state index in [2.05, 4.69) is 10.3 Å². The SMILES string of the molecule is CCOCC(OC)c1cccc(-c2csc(NC(=O)c3cc(Cl)c(C=C(OC)C(=O)O)c(Cl)c3)n2)c1F. The number of carboxylic acid groups (broad SMARTS) is 1. The van der Waals surface area contributed by atoms with Crippen molar-refractivity contribution in [2.75, 3.05) is 32.8 Å². The van der Waals surface area contributed by atoms with Gasteiger partial charge in [-0.1, -0.05) is 35.3 Å². The second kappa shape index (κ2) is 13.0. The molecule has 1 amide bonds. The quantitative estimate of drug-likeness (QED) is 0.206. The van der Waals surface area contributed by atoms with E-state index >= 15 is 4.39 Å². The van der Waals surface area contributed by atoms with Crippen LogP contribution in [0.2, 0.25) is 10.0 Å². The lowest BCUT2D eigenvalue weighted by Gasteiger charge is -2.17. The molecule has 0 aliphatic heterocycles. The summed E-state index contributed by atoms with van der Waals surface area (Å²) >= 11 is 13.6. The van der Waals surface area contributed by atoms with Crippen molar-refractivity contribution in [3.05, 3.63) is 74.0 Å². The minimum absolute atomic E-state index is 0.0481. The average molecular weight is 569 g/mol. The van der Waals surface area contributed by atoms with Gasteiger partial charge in [0.15, 0.2) is 5.13 Å². The summed E-state index contributed by atoms with van der Waals surface area (Å²) in [7, 11) is 2.68. The van der Waals surface area contributed by atoms with Gasteiger partial charge in [0.05, 0.1) is 29.5 Å². The zero-order valence-corrected chi connectivity index (χ0v) is 22.3. The fourth-order valence-electron chi connectivity index (χ4n) is 3.32. The monoisotopic (exact) mass is 568 g/mol. The van der Waals surface area contributed by atoms with E-state index in [4.69, 9.17) is 42.5 Å². The molecule has 37 heavy (non-hydrogen) atoms. The maximum atomic E-state index is 15.3. The molecule has 2 N–H and O–H groups in total. The third-order valence-corrected chi connectivity index (χ3v) is 6.56. The Labute approximate surface area is 226 Å². The van der Waals surface area contributed by atoms with E-state index in [-0.39, 0.29) is 44.2 Å². The third kappa shape index (κ3) is 6.85. The summed E-state index contributed by atoms with van der Waals surface area (Å²) < 4.78 is 30.9. The third-order valence-electron chi connectivity index (χ3n) is 5.18. The first-order chi connectivity index (χ1) is 17.7. The Balaban J connectivity index is 1.82. The average Bonchev–Trinajstić information content (AvgIpc) is 3.32. The summed E-state index contributed by atoms with van der Waals surface area (Å²) in [5.41, 5.74) is 1.23. The van der Waals surface area contributed by atoms with Gasteiger partial charge in [-0.15, -0.1) is 11.3 Å². The molecule has 2 aromatic carbocycles. The van der Waals surface area contributed by atoms with Crippen molar-refractivity contribution in [2.24, 2.45) is 0 Å². The van der Waals surface area contributed by atoms with E-state index in [1.165, 1.54) is 26.4 Å². The fourth-order valence-corrected chi connectivity index (χ4v) is 4.62. The van der Waals surface area contributed by atoms with Crippen molar-refractivity contribution in [3.63, 3.8) is 0 Å². The van der Waals surface area contributed by atoms with Crippen LogP contribution in [0, 0.1) is 5.82 Å². The maximum Gasteiger partial charge on any atom is 0.371 e. The predicted octanol–water partition coefficient (Wildman–Crippen LogP) is 6.30. The van der Waals surface area contributed by atoms with Crippen molar-refractivity contribution in [3.8, 4) is 11.3 Å². The number of hydrogen-bond donors (Lipinski definition) is 2. The first kappa shape index (κ1) is 28.5. The largest absolute Gasteiger partial charge is 0.490 e. The van der Waals surface area contributed by atoms with E-state index in [1.54, 1.807) is 23.6 Å². The molecule has 0 saturated heterocycles. The fraction of sp³-hybridized carbons (Fsp3) is 0.240. The molecule has 12 heteroatoms. The second-order valence-corrected chi connectivity index (χ2v) is 9.13. The predicted molar refractivity (Wildman–Crippen MR) is 141 cm³/mol. The number of nitrogens with zero attached hydrogens (tertiary/aromatic N) is 1. The minimum atomic E-state index is -1.30. The molecule has 1 heterocycles. The van der Waals surface area contributed by atoms with Gasteiger partial charge in [-0.05, 0) is 31.2 Å². The van der Waals surface area contributed by atoms with E-state index < -0.39 is 23.8 Å². The molecular weight excluding hydrogens is 546 g/mol. The second-order valence-electron chi connectivity index (χ2n) is 7.46. The van der Waals surface area contributed by atoms with Crippen LogP contribution in [0.5, 0.6) is 0 Å². The van der Waals surface area contributed by atoms with Gasteiger partial charge in [0.25, 0.3) is 5.91 Å². The number of benzene rings is 2. The Hall–Kier alpha value is -3.02. The van der Waals surface area contributed by atoms with Crippen LogP contribution in [0.3, 0.4) is 0 Å². The van der Waals surface area contributed by atoms with E-state index in [1.807, 2.05) is 6.92 Å². The summed E-state index contributed by atoms with van der Waals surface area (Å²) in [6.07, 6.45) is 0.577. The molecule has 0 saturated carbocycles. The Morgan fingerprint density at radius 3 is 2.54 bits per heavy atom. The van der Waals surface area contributed by atoms with Gasteiger partial charge in [-0.25, -0.2) is 14.2 Å². The maximum absolute atomic E-state index is 15.3. The number of aromatic nitrogens is 1. The molecule has 0 aliphatic carbocycles. The lowest BCUT2D eigenvalue weighted by atomic mass is 10.0. The first-order valence-corrected chi connectivity index (χ1v) is 12.5. The van der Waals surface area contributed by atoms with Crippen LogP contribution < -0.4 is 5.32 Å². The lowest BCUT2D eigenvalue weighted by Crippen LogP contribution is -2.12. The summed E-state index contributed by atoms with van der Waals surface area (Å²) in [5.74, 6) is -2.72. The number of anilines is 1. The molecule has 1 unspecified atom stereocenters. The Bertz CT molecular complexity index is 1310. The van der Waals surface area contributed by atoms with Gasteiger partial charge >= 0.3 is 5.97 Å². The van der Waals surface area contributed by atoms with Gasteiger partial charge in [0, 0.05) is 41.4 Å². The molecular formula is C25H23Cl2FN2O6S. The van der Waals surface area contributed by atoms with Crippen molar-refractivity contribution in [1.82, 2.24) is 4.98 Å². The van der Waals surface area contributed by atoms with Crippen molar-refractivity contribution in [2.45, 2.75) is 13.0 Å². The standard InChI is InChI=1S/C25H23Cl2FN2O6S/c1-4-36-11-21(35-3)15-7-5-6-14(22(15)28)19-12-37-25(29-19)30-23(31)13-8-17(26)16(18(27)9-13)10-20(34-2)24(32)33/h5-10,12,21H,4,11H2,1-3H3,(H,32,33)(H,29,30,31). The highest BCUT2D eigenvalue weighted by Gasteiger charge is 2.21. The highest BCUT2D eigenvalue weighted by Crippen LogP contribution is 2.33. The van der Waals surface area contributed by atoms with Crippen molar-refractivity contribution < 1.29 is 33.3 Å². The number of halogens is 3. The molecule has 1 atom stereocenters. The first-order valence-electron chi connectivity index (χ1n) is 10.8. The topological polar surface area (TPSA) is 107 Å². The lowest BCUT2D eigenvalue weighted by molar-refractivity contribution is -0.135. The summed E-state index contributed by atoms with van der Waals surface area (Å²) in [5, 5.41) is 13.7. The van der Waals surface area contributed by atoms with Gasteiger partial charge in [-0.3, -0.25) is 10.1 Å². The van der Waals surface area contributed by atoms with E-state index in [9.17, 15) is 9.59 Å². The molecule has 8 nitrogen and oxygen atoms in total. The smallest absolute Gasteiger partial charge is 0.371 e. The zero-order valence-electron chi connectivity index (χ0n) is 20.0. The molecule has 0 spiro atoms. The Morgan fingerprint density at radius 1 is 1.24 bits per heavy atom. The van der Waals surface area contributed by atoms with E-state index in [0.717, 1.165) is 17.4 Å².